The Morgan fingerprint density at radius 3 is 2.67 bits per heavy atom. The highest BCUT2D eigenvalue weighted by Gasteiger charge is 2.36. The fourth-order valence-electron chi connectivity index (χ4n) is 2.77. The first-order chi connectivity index (χ1) is 10.2. The number of carbonyl (C=O) groups is 1. The molecule has 2 aromatic rings. The van der Waals surface area contributed by atoms with Crippen LogP contribution in [0.2, 0.25) is 0 Å². The lowest BCUT2D eigenvalue weighted by Gasteiger charge is -2.40. The summed E-state index contributed by atoms with van der Waals surface area (Å²) in [6.07, 6.45) is 4.68. The monoisotopic (exact) mass is 286 g/mol. The minimum Gasteiger partial charge on any atom is -0.478 e. The summed E-state index contributed by atoms with van der Waals surface area (Å²) in [7, 11) is 1.74. The van der Waals surface area contributed by atoms with E-state index in [4.69, 9.17) is 4.74 Å². The lowest BCUT2D eigenvalue weighted by Crippen LogP contribution is -2.45. The van der Waals surface area contributed by atoms with Crippen LogP contribution in [0.25, 0.3) is 10.8 Å². The molecule has 110 valence electrons. The van der Waals surface area contributed by atoms with Crippen molar-refractivity contribution in [3.8, 4) is 0 Å². The molecule has 3 rings (SSSR count). The van der Waals surface area contributed by atoms with Gasteiger partial charge in [-0.05, 0) is 19.3 Å². The molecular formula is C16H18N2O3. The Kier molecular flexibility index (Phi) is 3.51. The maximum absolute atomic E-state index is 11.3. The molecule has 1 saturated carbocycles. The number of carboxylic acids is 1. The van der Waals surface area contributed by atoms with Crippen molar-refractivity contribution < 1.29 is 14.6 Å². The maximum atomic E-state index is 11.3. The van der Waals surface area contributed by atoms with Crippen molar-refractivity contribution in [2.75, 3.05) is 19.0 Å². The zero-order valence-electron chi connectivity index (χ0n) is 11.9. The number of rotatable bonds is 5. The number of methoxy groups -OCH3 is 1. The molecule has 1 aliphatic carbocycles. The van der Waals surface area contributed by atoms with Crippen LogP contribution in [0.15, 0.2) is 30.5 Å². The third-order valence-electron chi connectivity index (χ3n) is 4.30. The van der Waals surface area contributed by atoms with Gasteiger partial charge in [-0.25, -0.2) is 9.78 Å². The zero-order chi connectivity index (χ0) is 14.9. The third-order valence-corrected chi connectivity index (χ3v) is 4.30. The van der Waals surface area contributed by atoms with Gasteiger partial charge in [0.15, 0.2) is 0 Å². The predicted molar refractivity (Wildman–Crippen MR) is 80.8 cm³/mol. The van der Waals surface area contributed by atoms with E-state index in [0.717, 1.165) is 18.2 Å². The Balaban J connectivity index is 1.93. The van der Waals surface area contributed by atoms with Gasteiger partial charge in [0.2, 0.25) is 0 Å². The van der Waals surface area contributed by atoms with Gasteiger partial charge < -0.3 is 15.2 Å². The standard InChI is InChI=1S/C16H18N2O3/c1-21-16(7-4-8-16)10-18-14-12-6-3-2-5-11(12)13(9-17-14)15(19)20/h2-3,5-6,9H,4,7-8,10H2,1H3,(H,17,18)(H,19,20). The summed E-state index contributed by atoms with van der Waals surface area (Å²) in [6.45, 7) is 0.687. The summed E-state index contributed by atoms with van der Waals surface area (Å²) in [6, 6.07) is 7.41. The average Bonchev–Trinajstić information content (AvgIpc) is 2.46. The van der Waals surface area contributed by atoms with Crippen molar-refractivity contribution in [1.29, 1.82) is 0 Å². The number of pyridine rings is 1. The second-order valence-electron chi connectivity index (χ2n) is 5.47. The number of benzene rings is 1. The smallest absolute Gasteiger partial charge is 0.337 e. The molecule has 1 heterocycles. The van der Waals surface area contributed by atoms with Crippen molar-refractivity contribution in [2.24, 2.45) is 0 Å². The average molecular weight is 286 g/mol. The number of fused-ring (bicyclic) bond motifs is 1. The van der Waals surface area contributed by atoms with Crippen molar-refractivity contribution in [3.05, 3.63) is 36.0 Å². The summed E-state index contributed by atoms with van der Waals surface area (Å²) in [5.41, 5.74) is 0.120. The Hall–Kier alpha value is -2.14. The van der Waals surface area contributed by atoms with Gasteiger partial charge >= 0.3 is 5.97 Å². The molecule has 0 aliphatic heterocycles. The van der Waals surface area contributed by atoms with Crippen LogP contribution < -0.4 is 5.32 Å². The van der Waals surface area contributed by atoms with Gasteiger partial charge in [-0.2, -0.15) is 0 Å². The summed E-state index contributed by atoms with van der Waals surface area (Å²) >= 11 is 0. The molecule has 1 aromatic heterocycles. The van der Waals surface area contributed by atoms with Gasteiger partial charge in [-0.15, -0.1) is 0 Å². The highest BCUT2D eigenvalue weighted by molar-refractivity contribution is 6.06. The van der Waals surface area contributed by atoms with E-state index in [2.05, 4.69) is 10.3 Å². The van der Waals surface area contributed by atoms with E-state index in [1.54, 1.807) is 13.2 Å². The summed E-state index contributed by atoms with van der Waals surface area (Å²) in [5.74, 6) is -0.253. The van der Waals surface area contributed by atoms with E-state index >= 15 is 0 Å². The number of aromatic carboxylic acids is 1. The second-order valence-corrected chi connectivity index (χ2v) is 5.47. The Morgan fingerprint density at radius 1 is 1.38 bits per heavy atom. The SMILES string of the molecule is COC1(CNc2ncc(C(=O)O)c3ccccc23)CCC1. The van der Waals surface area contributed by atoms with Gasteiger partial charge in [0, 0.05) is 30.6 Å². The predicted octanol–water partition coefficient (Wildman–Crippen LogP) is 2.91. The first-order valence-corrected chi connectivity index (χ1v) is 7.05. The molecule has 0 unspecified atom stereocenters. The van der Waals surface area contributed by atoms with Gasteiger partial charge in [0.05, 0.1) is 11.2 Å². The van der Waals surface area contributed by atoms with Crippen molar-refractivity contribution in [3.63, 3.8) is 0 Å². The van der Waals surface area contributed by atoms with Crippen molar-refractivity contribution in [1.82, 2.24) is 4.98 Å². The molecule has 0 saturated heterocycles. The molecule has 0 spiro atoms. The largest absolute Gasteiger partial charge is 0.478 e. The molecule has 0 atom stereocenters. The number of anilines is 1. The lowest BCUT2D eigenvalue weighted by molar-refractivity contribution is -0.0601. The molecule has 21 heavy (non-hydrogen) atoms. The quantitative estimate of drug-likeness (QED) is 0.884. The van der Waals surface area contributed by atoms with Crippen LogP contribution in [0.4, 0.5) is 5.82 Å². The number of hydrogen-bond acceptors (Lipinski definition) is 4. The highest BCUT2D eigenvalue weighted by atomic mass is 16.5. The van der Waals surface area contributed by atoms with Crippen molar-refractivity contribution in [2.45, 2.75) is 24.9 Å². The van der Waals surface area contributed by atoms with Crippen LogP contribution in [-0.4, -0.2) is 35.3 Å². The number of nitrogens with zero attached hydrogens (tertiary/aromatic N) is 1. The minimum absolute atomic E-state index is 0.103. The molecule has 1 aromatic carbocycles. The van der Waals surface area contributed by atoms with Crippen LogP contribution in [-0.2, 0) is 4.74 Å². The molecule has 1 aliphatic rings. The topological polar surface area (TPSA) is 71.5 Å². The minimum atomic E-state index is -0.961. The summed E-state index contributed by atoms with van der Waals surface area (Å²) in [5, 5.41) is 14.1. The Morgan fingerprint density at radius 2 is 2.10 bits per heavy atom. The van der Waals surface area contributed by atoms with Crippen LogP contribution in [0.1, 0.15) is 29.6 Å². The number of hydrogen-bond donors (Lipinski definition) is 2. The van der Waals surface area contributed by atoms with Crippen LogP contribution in [0.3, 0.4) is 0 Å². The molecule has 0 radical (unpaired) electrons. The molecule has 5 nitrogen and oxygen atoms in total. The first-order valence-electron chi connectivity index (χ1n) is 7.05. The zero-order valence-corrected chi connectivity index (χ0v) is 11.9. The van der Waals surface area contributed by atoms with Gasteiger partial charge in [0.1, 0.15) is 5.82 Å². The molecule has 1 fully saturated rings. The lowest BCUT2D eigenvalue weighted by atomic mass is 9.80. The van der Waals surface area contributed by atoms with E-state index < -0.39 is 5.97 Å². The number of aromatic nitrogens is 1. The van der Waals surface area contributed by atoms with E-state index in [0.29, 0.717) is 17.7 Å². The van der Waals surface area contributed by atoms with Crippen LogP contribution in [0.5, 0.6) is 0 Å². The summed E-state index contributed by atoms with van der Waals surface area (Å²) < 4.78 is 5.59. The van der Waals surface area contributed by atoms with E-state index in [9.17, 15) is 9.90 Å². The number of carboxylic acid groups (broad SMARTS) is 1. The molecule has 5 heteroatoms. The molecule has 0 bridgehead atoms. The fraction of sp³-hybridized carbons (Fsp3) is 0.375. The Bertz CT molecular complexity index is 675. The first kappa shape index (κ1) is 13.8. The van der Waals surface area contributed by atoms with E-state index in [1.165, 1.54) is 12.6 Å². The number of ether oxygens (including phenoxy) is 1. The van der Waals surface area contributed by atoms with Crippen molar-refractivity contribution >= 4 is 22.6 Å². The highest BCUT2D eigenvalue weighted by Crippen LogP contribution is 2.35. The fourth-order valence-corrected chi connectivity index (χ4v) is 2.77. The molecule has 2 N–H and O–H groups in total. The van der Waals surface area contributed by atoms with E-state index in [-0.39, 0.29) is 11.2 Å². The van der Waals surface area contributed by atoms with Crippen LogP contribution in [0, 0.1) is 0 Å². The second kappa shape index (κ2) is 5.33. The number of nitrogens with one attached hydrogen (secondary N) is 1. The maximum Gasteiger partial charge on any atom is 0.337 e. The molecular weight excluding hydrogens is 268 g/mol. The Labute approximate surface area is 123 Å². The van der Waals surface area contributed by atoms with E-state index in [1.807, 2.05) is 18.2 Å². The third kappa shape index (κ3) is 2.45. The normalized spacial score (nSPS) is 16.4. The van der Waals surface area contributed by atoms with Gasteiger partial charge in [0.25, 0.3) is 0 Å². The summed E-state index contributed by atoms with van der Waals surface area (Å²) in [4.78, 5) is 15.5. The van der Waals surface area contributed by atoms with Crippen LogP contribution >= 0.6 is 0 Å². The van der Waals surface area contributed by atoms with Gasteiger partial charge in [-0.3, -0.25) is 0 Å². The molecule has 0 amide bonds. The van der Waals surface area contributed by atoms with Gasteiger partial charge in [-0.1, -0.05) is 24.3 Å².